The van der Waals surface area contributed by atoms with Crippen LogP contribution in [0.15, 0.2) is 0 Å². The van der Waals surface area contributed by atoms with Gasteiger partial charge in [0.25, 0.3) is 0 Å². The van der Waals surface area contributed by atoms with Crippen molar-refractivity contribution in [2.75, 3.05) is 0 Å². The van der Waals surface area contributed by atoms with Gasteiger partial charge in [-0.1, -0.05) is 0 Å². The van der Waals surface area contributed by atoms with Crippen molar-refractivity contribution < 1.29 is 27.9 Å². The number of rotatable bonds is 0. The van der Waals surface area contributed by atoms with Gasteiger partial charge in [0.1, 0.15) is 0 Å². The number of halogens is 4. The topological polar surface area (TPSA) is 0 Å². The molecule has 0 fully saturated rings. The van der Waals surface area contributed by atoms with Gasteiger partial charge < -0.3 is 0 Å². The summed E-state index contributed by atoms with van der Waals surface area (Å²) in [5.41, 5.74) is 0. The van der Waals surface area contributed by atoms with Gasteiger partial charge in [-0.05, 0) is 0 Å². The van der Waals surface area contributed by atoms with E-state index >= 15 is 0 Å². The van der Waals surface area contributed by atoms with Gasteiger partial charge in [-0.2, -0.15) is 0 Å². The molecule has 0 aromatic rings. The first-order chi connectivity index (χ1) is 2.83. The Morgan fingerprint density at radius 3 is 0.667 bits per heavy atom. The van der Waals surface area contributed by atoms with E-state index in [0.29, 0.717) is 27.9 Å². The summed E-state index contributed by atoms with van der Waals surface area (Å²) in [6.45, 7) is 0. The molecule has 0 aromatic heterocycles. The first-order valence-corrected chi connectivity index (χ1v) is 14.7. The average Bonchev–Trinajstić information content (AvgIpc) is 1.39. The van der Waals surface area contributed by atoms with Crippen LogP contribution in [0.25, 0.3) is 0 Å². The molecule has 0 radical (unpaired) electrons. The molecular formula is Br4Pd2. The van der Waals surface area contributed by atoms with Crippen LogP contribution >= 0.6 is 53.7 Å². The first kappa shape index (κ1) is 12.0. The molecule has 0 amide bonds. The van der Waals surface area contributed by atoms with Gasteiger partial charge in [-0.3, -0.25) is 0 Å². The van der Waals surface area contributed by atoms with Gasteiger partial charge in [0.15, 0.2) is 0 Å². The fraction of sp³-hybridized carbons (Fsp3) is 0. The third-order valence-corrected chi connectivity index (χ3v) is 0. The van der Waals surface area contributed by atoms with Crippen molar-refractivity contribution in [3.05, 3.63) is 0 Å². The second-order valence-electron chi connectivity index (χ2n) is 0.0904. The molecule has 0 N–H and O–H groups in total. The summed E-state index contributed by atoms with van der Waals surface area (Å²) in [5.74, 6) is 0. The molecule has 6 heteroatoms. The maximum absolute atomic E-state index is 3.11. The summed E-state index contributed by atoms with van der Waals surface area (Å²) in [7, 11) is 0. The minimum atomic E-state index is 0.575. The molecule has 0 rings (SSSR count). The zero-order chi connectivity index (χ0) is 5.41. The van der Waals surface area contributed by atoms with E-state index in [9.17, 15) is 0 Å². The van der Waals surface area contributed by atoms with Gasteiger partial charge in [0.2, 0.25) is 0 Å². The zero-order valence-corrected chi connectivity index (χ0v) is 11.6. The summed E-state index contributed by atoms with van der Waals surface area (Å²) < 4.78 is 0. The molecule has 0 atom stereocenters. The summed E-state index contributed by atoms with van der Waals surface area (Å²) in [4.78, 5) is 0. The number of hydrogen-bond acceptors (Lipinski definition) is 0. The van der Waals surface area contributed by atoms with Crippen molar-refractivity contribution in [3.8, 4) is 0 Å². The van der Waals surface area contributed by atoms with Crippen LogP contribution in [-0.4, -0.2) is 0 Å². The molecule has 0 saturated carbocycles. The Hall–Kier alpha value is 3.24. The normalized spacial score (nSPS) is 7.33. The predicted molar refractivity (Wildman–Crippen MR) is 35.7 cm³/mol. The third-order valence-electron chi connectivity index (χ3n) is 0. The number of hydrogen-bond donors (Lipinski definition) is 0. The van der Waals surface area contributed by atoms with Crippen molar-refractivity contribution in [1.29, 1.82) is 0 Å². The molecule has 6 heavy (non-hydrogen) atoms. The van der Waals surface area contributed by atoms with Gasteiger partial charge in [-0.25, -0.2) is 0 Å². The Morgan fingerprint density at radius 1 is 0.667 bits per heavy atom. The molecule has 48 valence electrons. The van der Waals surface area contributed by atoms with E-state index in [4.69, 9.17) is 0 Å². The Labute approximate surface area is 79.8 Å². The van der Waals surface area contributed by atoms with Crippen molar-refractivity contribution in [3.63, 3.8) is 0 Å². The fourth-order valence-electron chi connectivity index (χ4n) is 0. The molecule has 0 bridgehead atoms. The zero-order valence-electron chi connectivity index (χ0n) is 2.14. The van der Waals surface area contributed by atoms with Gasteiger partial charge in [-0.15, -0.1) is 0 Å². The monoisotopic (exact) mass is 527 g/mol. The van der Waals surface area contributed by atoms with Crippen LogP contribution in [0, 0.1) is 0 Å². The third kappa shape index (κ3) is 26.8. The molecular weight excluding hydrogens is 532 g/mol. The molecule has 0 unspecified atom stereocenters. The second-order valence-corrected chi connectivity index (χ2v) is 14.4. The van der Waals surface area contributed by atoms with Crippen molar-refractivity contribution in [2.24, 2.45) is 0 Å². The van der Waals surface area contributed by atoms with Crippen LogP contribution < -0.4 is 0 Å². The quantitative estimate of drug-likeness (QED) is 0.420. The van der Waals surface area contributed by atoms with Crippen LogP contribution in [0.3, 0.4) is 0 Å². The molecule has 0 saturated heterocycles. The minimum absolute atomic E-state index is 0.575. The molecule has 0 spiro atoms. The van der Waals surface area contributed by atoms with Crippen LogP contribution in [0.1, 0.15) is 0 Å². The van der Waals surface area contributed by atoms with Crippen LogP contribution in [0.5, 0.6) is 0 Å². The van der Waals surface area contributed by atoms with E-state index in [1.54, 1.807) is 0 Å². The van der Waals surface area contributed by atoms with E-state index < -0.39 is 0 Å². The summed E-state index contributed by atoms with van der Waals surface area (Å²) in [6, 6.07) is 0. The summed E-state index contributed by atoms with van der Waals surface area (Å²) in [5, 5.41) is 0. The Bertz CT molecular complexity index is 7.51. The predicted octanol–water partition coefficient (Wildman–Crippen LogP) is 3.38. The van der Waals surface area contributed by atoms with E-state index in [-0.39, 0.29) is 0 Å². The van der Waals surface area contributed by atoms with Crippen molar-refractivity contribution in [2.45, 2.75) is 0 Å². The fourth-order valence-corrected chi connectivity index (χ4v) is 0. The van der Waals surface area contributed by atoms with Crippen LogP contribution in [0.4, 0.5) is 0 Å². The Morgan fingerprint density at radius 2 is 0.667 bits per heavy atom. The van der Waals surface area contributed by atoms with Gasteiger partial charge >= 0.3 is 81.6 Å². The van der Waals surface area contributed by atoms with Crippen LogP contribution in [0.2, 0.25) is 0 Å². The van der Waals surface area contributed by atoms with Crippen molar-refractivity contribution >= 4 is 53.7 Å². The van der Waals surface area contributed by atoms with Gasteiger partial charge in [0, 0.05) is 0 Å². The Kier molecular flexibility index (Phi) is 31.4. The standard InChI is InChI=1S/4BrH.2Pd/h4*1H;;/q;;;;2*+2/p-4. The summed E-state index contributed by atoms with van der Waals surface area (Å²) in [6.07, 6.45) is 0. The SMILES string of the molecule is [Br][Pd][Br].[Br][Pd][Br]. The Balaban J connectivity index is 0. The summed E-state index contributed by atoms with van der Waals surface area (Å²) >= 11 is 13.6. The van der Waals surface area contributed by atoms with Gasteiger partial charge in [0.05, 0.1) is 0 Å². The molecule has 0 aliphatic carbocycles. The van der Waals surface area contributed by atoms with E-state index in [1.807, 2.05) is 0 Å². The maximum atomic E-state index is 3.11. The molecule has 0 heterocycles. The molecule has 0 nitrogen and oxygen atoms in total. The first-order valence-electron chi connectivity index (χ1n) is 0.478. The molecule has 0 aromatic carbocycles. The van der Waals surface area contributed by atoms with E-state index in [1.165, 1.54) is 0 Å². The molecule has 0 aliphatic heterocycles. The molecule has 0 aliphatic rings. The van der Waals surface area contributed by atoms with E-state index in [0.717, 1.165) is 0 Å². The van der Waals surface area contributed by atoms with Crippen LogP contribution in [-0.2, 0) is 27.9 Å². The second kappa shape index (κ2) is 15.7. The van der Waals surface area contributed by atoms with Crippen molar-refractivity contribution in [1.82, 2.24) is 0 Å². The van der Waals surface area contributed by atoms with E-state index in [2.05, 4.69) is 53.7 Å². The average molecular weight is 532 g/mol.